The standard InChI is InChI=1S/C12H20Br/c13-12-8-6-11(7-9-12)10-4-2-1-3-5-10/h1,10-12H,2-9H2. The van der Waals surface area contributed by atoms with Gasteiger partial charge in [-0.25, -0.2) is 0 Å². The Kier molecular flexibility index (Phi) is 3.71. The molecule has 0 N–H and O–H groups in total. The Labute approximate surface area is 90.6 Å². The molecule has 13 heavy (non-hydrogen) atoms. The SMILES string of the molecule is BrC1CCC(C2CC[CH]CC2)CC1. The Morgan fingerprint density at radius 2 is 1.31 bits per heavy atom. The molecule has 2 aliphatic rings. The van der Waals surface area contributed by atoms with E-state index >= 15 is 0 Å². The Bertz CT molecular complexity index is 141. The zero-order chi connectivity index (χ0) is 9.10. The molecule has 0 aromatic carbocycles. The third-order valence-corrected chi connectivity index (χ3v) is 4.77. The zero-order valence-electron chi connectivity index (χ0n) is 8.34. The van der Waals surface area contributed by atoms with Gasteiger partial charge in [0.1, 0.15) is 0 Å². The molecule has 0 bridgehead atoms. The van der Waals surface area contributed by atoms with Crippen molar-refractivity contribution in [2.24, 2.45) is 11.8 Å². The fourth-order valence-electron chi connectivity index (χ4n) is 2.97. The lowest BCUT2D eigenvalue weighted by molar-refractivity contribution is 0.214. The summed E-state index contributed by atoms with van der Waals surface area (Å²) in [6, 6.07) is 0. The van der Waals surface area contributed by atoms with E-state index in [-0.39, 0.29) is 0 Å². The van der Waals surface area contributed by atoms with Crippen LogP contribution in [-0.4, -0.2) is 4.83 Å². The van der Waals surface area contributed by atoms with Crippen molar-refractivity contribution >= 4 is 15.9 Å². The number of alkyl halides is 1. The number of hydrogen-bond donors (Lipinski definition) is 0. The van der Waals surface area contributed by atoms with Gasteiger partial charge in [0.25, 0.3) is 0 Å². The Morgan fingerprint density at radius 3 is 1.92 bits per heavy atom. The molecule has 1 heteroatoms. The van der Waals surface area contributed by atoms with Crippen LogP contribution in [-0.2, 0) is 0 Å². The van der Waals surface area contributed by atoms with Gasteiger partial charge in [-0.3, -0.25) is 0 Å². The van der Waals surface area contributed by atoms with E-state index in [4.69, 9.17) is 0 Å². The van der Waals surface area contributed by atoms with Crippen LogP contribution < -0.4 is 0 Å². The quantitative estimate of drug-likeness (QED) is 0.602. The highest BCUT2D eigenvalue weighted by Crippen LogP contribution is 2.39. The van der Waals surface area contributed by atoms with Crippen molar-refractivity contribution < 1.29 is 0 Å². The van der Waals surface area contributed by atoms with E-state index in [0.717, 1.165) is 16.7 Å². The highest BCUT2D eigenvalue weighted by Gasteiger charge is 2.27. The van der Waals surface area contributed by atoms with Crippen molar-refractivity contribution in [3.63, 3.8) is 0 Å². The van der Waals surface area contributed by atoms with Crippen molar-refractivity contribution in [2.45, 2.75) is 56.2 Å². The third kappa shape index (κ3) is 2.71. The molecular formula is C12H20Br. The first-order chi connectivity index (χ1) is 6.36. The summed E-state index contributed by atoms with van der Waals surface area (Å²) in [5.74, 6) is 2.15. The van der Waals surface area contributed by atoms with Gasteiger partial charge in [-0.2, -0.15) is 0 Å². The third-order valence-electron chi connectivity index (χ3n) is 3.85. The molecule has 0 unspecified atom stereocenters. The highest BCUT2D eigenvalue weighted by atomic mass is 79.9. The summed E-state index contributed by atoms with van der Waals surface area (Å²) >= 11 is 3.73. The normalized spacial score (nSPS) is 37.6. The monoisotopic (exact) mass is 243 g/mol. The molecule has 1 radical (unpaired) electrons. The lowest BCUT2D eigenvalue weighted by Crippen LogP contribution is -2.23. The molecule has 2 saturated carbocycles. The zero-order valence-corrected chi connectivity index (χ0v) is 9.93. The molecule has 0 aromatic heterocycles. The van der Waals surface area contributed by atoms with E-state index in [1.54, 1.807) is 0 Å². The second kappa shape index (κ2) is 4.82. The van der Waals surface area contributed by atoms with Crippen LogP contribution in [0.3, 0.4) is 0 Å². The van der Waals surface area contributed by atoms with Gasteiger partial charge in [-0.05, 0) is 69.6 Å². The van der Waals surface area contributed by atoms with Gasteiger partial charge in [0, 0.05) is 4.83 Å². The first-order valence-electron chi connectivity index (χ1n) is 5.82. The van der Waals surface area contributed by atoms with Crippen LogP contribution in [0.5, 0.6) is 0 Å². The lowest BCUT2D eigenvalue weighted by atomic mass is 9.73. The highest BCUT2D eigenvalue weighted by molar-refractivity contribution is 9.09. The maximum absolute atomic E-state index is 3.73. The fourth-order valence-corrected chi connectivity index (χ4v) is 3.50. The maximum Gasteiger partial charge on any atom is 0.0146 e. The summed E-state index contributed by atoms with van der Waals surface area (Å²) in [6.07, 6.45) is 14.0. The Hall–Kier alpha value is 0.480. The van der Waals surface area contributed by atoms with Crippen LogP contribution in [0.25, 0.3) is 0 Å². The average Bonchev–Trinajstić information content (AvgIpc) is 2.20. The summed E-state index contributed by atoms with van der Waals surface area (Å²) in [4.78, 5) is 0.832. The molecule has 0 aromatic rings. The Morgan fingerprint density at radius 1 is 0.769 bits per heavy atom. The van der Waals surface area contributed by atoms with E-state index in [0.29, 0.717) is 0 Å². The Balaban J connectivity index is 1.79. The lowest BCUT2D eigenvalue weighted by Gasteiger charge is -2.34. The van der Waals surface area contributed by atoms with Gasteiger partial charge in [-0.15, -0.1) is 0 Å². The average molecular weight is 244 g/mol. The van der Waals surface area contributed by atoms with E-state index in [1.807, 2.05) is 0 Å². The largest absolute Gasteiger partial charge is 0.0891 e. The molecule has 2 fully saturated rings. The van der Waals surface area contributed by atoms with Gasteiger partial charge in [0.15, 0.2) is 0 Å². The van der Waals surface area contributed by atoms with Crippen LogP contribution in [0, 0.1) is 18.3 Å². The second-order valence-electron chi connectivity index (χ2n) is 4.72. The smallest absolute Gasteiger partial charge is 0.0146 e. The molecule has 0 nitrogen and oxygen atoms in total. The van der Waals surface area contributed by atoms with Crippen LogP contribution in [0.4, 0.5) is 0 Å². The molecule has 75 valence electrons. The first-order valence-corrected chi connectivity index (χ1v) is 6.73. The molecule has 0 aliphatic heterocycles. The van der Waals surface area contributed by atoms with Gasteiger partial charge in [0.2, 0.25) is 0 Å². The van der Waals surface area contributed by atoms with Crippen LogP contribution in [0.1, 0.15) is 51.4 Å². The molecule has 0 heterocycles. The molecule has 2 aliphatic carbocycles. The topological polar surface area (TPSA) is 0 Å². The van der Waals surface area contributed by atoms with Crippen molar-refractivity contribution in [3.8, 4) is 0 Å². The molecule has 0 saturated heterocycles. The first kappa shape index (κ1) is 10.0. The molecule has 0 atom stereocenters. The number of rotatable bonds is 1. The van der Waals surface area contributed by atoms with Crippen molar-refractivity contribution in [3.05, 3.63) is 6.42 Å². The number of halogens is 1. The molecule has 0 spiro atoms. The minimum Gasteiger partial charge on any atom is -0.0891 e. The summed E-state index contributed by atoms with van der Waals surface area (Å²) < 4.78 is 0. The van der Waals surface area contributed by atoms with Crippen molar-refractivity contribution in [1.82, 2.24) is 0 Å². The maximum atomic E-state index is 3.73. The van der Waals surface area contributed by atoms with Crippen LogP contribution in [0.2, 0.25) is 0 Å². The predicted molar refractivity (Wildman–Crippen MR) is 60.9 cm³/mol. The van der Waals surface area contributed by atoms with E-state index < -0.39 is 0 Å². The summed E-state index contributed by atoms with van der Waals surface area (Å²) in [6.45, 7) is 0. The summed E-state index contributed by atoms with van der Waals surface area (Å²) in [5, 5.41) is 0. The summed E-state index contributed by atoms with van der Waals surface area (Å²) in [7, 11) is 0. The minimum atomic E-state index is 0.832. The van der Waals surface area contributed by atoms with E-state index in [1.165, 1.54) is 51.4 Å². The van der Waals surface area contributed by atoms with Crippen molar-refractivity contribution in [2.75, 3.05) is 0 Å². The molecule has 0 amide bonds. The van der Waals surface area contributed by atoms with Crippen LogP contribution >= 0.6 is 15.9 Å². The fraction of sp³-hybridized carbons (Fsp3) is 0.917. The van der Waals surface area contributed by atoms with E-state index in [2.05, 4.69) is 22.4 Å². The molecular weight excluding hydrogens is 224 g/mol. The summed E-state index contributed by atoms with van der Waals surface area (Å²) in [5.41, 5.74) is 0. The number of hydrogen-bond acceptors (Lipinski definition) is 0. The second-order valence-corrected chi connectivity index (χ2v) is 6.01. The van der Waals surface area contributed by atoms with Gasteiger partial charge in [0.05, 0.1) is 0 Å². The van der Waals surface area contributed by atoms with E-state index in [9.17, 15) is 0 Å². The minimum absolute atomic E-state index is 0.832. The van der Waals surface area contributed by atoms with Gasteiger partial charge >= 0.3 is 0 Å². The van der Waals surface area contributed by atoms with Gasteiger partial charge in [-0.1, -0.05) is 15.9 Å². The predicted octanol–water partition coefficient (Wildman–Crippen LogP) is 4.33. The van der Waals surface area contributed by atoms with Crippen LogP contribution in [0.15, 0.2) is 0 Å². The van der Waals surface area contributed by atoms with Gasteiger partial charge < -0.3 is 0 Å². The molecule has 2 rings (SSSR count). The van der Waals surface area contributed by atoms with Crippen molar-refractivity contribution in [1.29, 1.82) is 0 Å².